The Bertz CT molecular complexity index is 611. The van der Waals surface area contributed by atoms with Gasteiger partial charge in [-0.25, -0.2) is 0 Å². The van der Waals surface area contributed by atoms with Gasteiger partial charge in [0.2, 0.25) is 5.91 Å². The molecule has 5 heteroatoms. The number of hydrogen-bond acceptors (Lipinski definition) is 3. The van der Waals surface area contributed by atoms with Gasteiger partial charge in [-0.3, -0.25) is 4.79 Å². The second-order valence-electron chi connectivity index (χ2n) is 7.91. The van der Waals surface area contributed by atoms with Gasteiger partial charge in [0.1, 0.15) is 18.0 Å². The molecule has 0 aromatic heterocycles. The van der Waals surface area contributed by atoms with Gasteiger partial charge in [-0.05, 0) is 37.0 Å². The molecule has 26 heavy (non-hydrogen) atoms. The molecule has 1 aromatic rings. The van der Waals surface area contributed by atoms with Crippen molar-refractivity contribution in [2.45, 2.75) is 39.2 Å². The number of piperidine rings is 2. The van der Waals surface area contributed by atoms with E-state index in [1.165, 1.54) is 16.9 Å². The molecule has 144 valence electrons. The summed E-state index contributed by atoms with van der Waals surface area (Å²) in [5.74, 6) is 3.05. The van der Waals surface area contributed by atoms with E-state index < -0.39 is 0 Å². The smallest absolute Gasteiger partial charge is 0.226 e. The number of carbonyl (C=O) groups excluding carboxylic acids is 1. The Morgan fingerprint density at radius 1 is 1.19 bits per heavy atom. The second kappa shape index (κ2) is 8.76. The molecule has 2 fully saturated rings. The molecule has 2 heterocycles. The first kappa shape index (κ1) is 19.0. The molecule has 1 N–H and O–H groups in total. The van der Waals surface area contributed by atoms with E-state index in [-0.39, 0.29) is 5.92 Å². The lowest BCUT2D eigenvalue weighted by Gasteiger charge is -2.36. The highest BCUT2D eigenvalue weighted by molar-refractivity contribution is 5.79. The fraction of sp³-hybridized carbons (Fsp3) is 0.667. The van der Waals surface area contributed by atoms with Gasteiger partial charge in [-0.2, -0.15) is 0 Å². The molecule has 0 saturated carbocycles. The molecule has 1 aromatic carbocycles. The van der Waals surface area contributed by atoms with E-state index in [4.69, 9.17) is 9.47 Å². The van der Waals surface area contributed by atoms with Gasteiger partial charge in [-0.1, -0.05) is 6.92 Å². The Kier molecular flexibility index (Phi) is 6.41. The molecule has 0 bridgehead atoms. The molecule has 2 aliphatic heterocycles. The minimum absolute atomic E-state index is 0.219. The number of carbonyl (C=O) groups is 1. The molecule has 0 radical (unpaired) electrons. The number of likely N-dealkylation sites (tertiary alicyclic amines) is 2. The van der Waals surface area contributed by atoms with Crippen molar-refractivity contribution < 1.29 is 19.2 Å². The second-order valence-corrected chi connectivity index (χ2v) is 7.91. The fourth-order valence-corrected chi connectivity index (χ4v) is 4.39. The average molecular weight is 362 g/mol. The molecule has 0 aliphatic carbocycles. The number of benzene rings is 1. The van der Waals surface area contributed by atoms with E-state index in [1.807, 2.05) is 12.1 Å². The third-order valence-corrected chi connectivity index (χ3v) is 5.94. The number of amides is 1. The van der Waals surface area contributed by atoms with Gasteiger partial charge in [0.15, 0.2) is 0 Å². The van der Waals surface area contributed by atoms with Crippen molar-refractivity contribution >= 4 is 5.91 Å². The summed E-state index contributed by atoms with van der Waals surface area (Å²) in [6, 6.07) is 5.97. The highest BCUT2D eigenvalue weighted by atomic mass is 16.5. The van der Waals surface area contributed by atoms with Gasteiger partial charge in [-0.15, -0.1) is 0 Å². The molecule has 2 saturated heterocycles. The summed E-state index contributed by atoms with van der Waals surface area (Å²) >= 11 is 0. The molecule has 1 atom stereocenters. The van der Waals surface area contributed by atoms with Crippen LogP contribution < -0.4 is 14.4 Å². The number of rotatable bonds is 5. The normalized spacial score (nSPS) is 26.4. The van der Waals surface area contributed by atoms with Crippen molar-refractivity contribution in [3.05, 3.63) is 23.8 Å². The number of quaternary nitrogens is 1. The van der Waals surface area contributed by atoms with E-state index >= 15 is 0 Å². The Labute approximate surface area is 157 Å². The predicted molar refractivity (Wildman–Crippen MR) is 102 cm³/mol. The lowest BCUT2D eigenvalue weighted by atomic mass is 9.92. The minimum Gasteiger partial charge on any atom is -0.497 e. The van der Waals surface area contributed by atoms with Crippen LogP contribution in [0.15, 0.2) is 18.2 Å². The third kappa shape index (κ3) is 4.50. The van der Waals surface area contributed by atoms with Crippen LogP contribution in [-0.2, 0) is 11.3 Å². The zero-order chi connectivity index (χ0) is 18.5. The van der Waals surface area contributed by atoms with Crippen LogP contribution in [0.5, 0.6) is 11.5 Å². The van der Waals surface area contributed by atoms with Crippen LogP contribution in [0.4, 0.5) is 0 Å². The van der Waals surface area contributed by atoms with Crippen molar-refractivity contribution in [2.24, 2.45) is 11.8 Å². The summed E-state index contributed by atoms with van der Waals surface area (Å²) in [4.78, 5) is 16.5. The van der Waals surface area contributed by atoms with Gasteiger partial charge >= 0.3 is 0 Å². The maximum Gasteiger partial charge on any atom is 0.226 e. The molecule has 0 spiro atoms. The SMILES string of the molecule is COc1ccc(OC)c(C[NH+]2CCC(C(=O)N3CCC[C@H](C)C3)CC2)c1. The van der Waals surface area contributed by atoms with Crippen molar-refractivity contribution in [2.75, 3.05) is 40.4 Å². The third-order valence-electron chi connectivity index (χ3n) is 5.94. The Morgan fingerprint density at radius 2 is 1.96 bits per heavy atom. The zero-order valence-electron chi connectivity index (χ0n) is 16.4. The van der Waals surface area contributed by atoms with Crippen LogP contribution in [0.1, 0.15) is 38.2 Å². The number of nitrogens with one attached hydrogen (secondary N) is 1. The molecular formula is C21H33N2O3+. The molecule has 0 unspecified atom stereocenters. The Balaban J connectivity index is 1.55. The van der Waals surface area contributed by atoms with Gasteiger partial charge < -0.3 is 19.3 Å². The fourth-order valence-electron chi connectivity index (χ4n) is 4.39. The van der Waals surface area contributed by atoms with Gasteiger partial charge in [0.05, 0.1) is 32.9 Å². The number of ether oxygens (including phenoxy) is 2. The van der Waals surface area contributed by atoms with E-state index in [2.05, 4.69) is 17.9 Å². The van der Waals surface area contributed by atoms with Crippen LogP contribution >= 0.6 is 0 Å². The summed E-state index contributed by atoms with van der Waals surface area (Å²) in [6.07, 6.45) is 4.40. The van der Waals surface area contributed by atoms with Crippen molar-refractivity contribution in [3.63, 3.8) is 0 Å². The van der Waals surface area contributed by atoms with Crippen molar-refractivity contribution in [1.29, 1.82) is 0 Å². The molecule has 5 nitrogen and oxygen atoms in total. The highest BCUT2D eigenvalue weighted by Crippen LogP contribution is 2.24. The molecule has 1 amide bonds. The minimum atomic E-state index is 0.219. The topological polar surface area (TPSA) is 43.2 Å². The number of nitrogens with zero attached hydrogens (tertiary/aromatic N) is 1. The Hall–Kier alpha value is -1.75. The molecule has 2 aliphatic rings. The van der Waals surface area contributed by atoms with Crippen LogP contribution in [-0.4, -0.2) is 51.2 Å². The summed E-state index contributed by atoms with van der Waals surface area (Å²) in [5, 5.41) is 0. The number of methoxy groups -OCH3 is 2. The summed E-state index contributed by atoms with van der Waals surface area (Å²) in [5.41, 5.74) is 1.18. The van der Waals surface area contributed by atoms with E-state index in [1.54, 1.807) is 14.2 Å². The summed E-state index contributed by atoms with van der Waals surface area (Å²) < 4.78 is 10.9. The Morgan fingerprint density at radius 3 is 2.62 bits per heavy atom. The summed E-state index contributed by atoms with van der Waals surface area (Å²) in [6.45, 7) is 7.17. The van der Waals surface area contributed by atoms with Crippen LogP contribution in [0.2, 0.25) is 0 Å². The van der Waals surface area contributed by atoms with Crippen LogP contribution in [0.3, 0.4) is 0 Å². The standard InChI is InChI=1S/C21H32N2O3/c1-16-5-4-10-23(14-16)21(24)17-8-11-22(12-9-17)15-18-13-19(25-2)6-7-20(18)26-3/h6-7,13,16-17H,4-5,8-12,14-15H2,1-3H3/p+1/t16-/m0/s1. The average Bonchev–Trinajstić information content (AvgIpc) is 2.68. The molecular weight excluding hydrogens is 328 g/mol. The lowest BCUT2D eigenvalue weighted by Crippen LogP contribution is -3.11. The predicted octanol–water partition coefficient (Wildman–Crippen LogP) is 1.76. The monoisotopic (exact) mass is 361 g/mol. The maximum atomic E-state index is 12.8. The molecule has 3 rings (SSSR count). The van der Waals surface area contributed by atoms with Crippen LogP contribution in [0, 0.1) is 11.8 Å². The first-order valence-electron chi connectivity index (χ1n) is 9.94. The van der Waals surface area contributed by atoms with Crippen molar-refractivity contribution in [3.8, 4) is 11.5 Å². The quantitative estimate of drug-likeness (QED) is 0.869. The van der Waals surface area contributed by atoms with E-state index in [0.717, 1.165) is 63.5 Å². The lowest BCUT2D eigenvalue weighted by molar-refractivity contribution is -0.919. The van der Waals surface area contributed by atoms with Crippen molar-refractivity contribution in [1.82, 2.24) is 4.90 Å². The maximum absolute atomic E-state index is 12.8. The van der Waals surface area contributed by atoms with Gasteiger partial charge in [0.25, 0.3) is 0 Å². The largest absolute Gasteiger partial charge is 0.497 e. The summed E-state index contributed by atoms with van der Waals surface area (Å²) in [7, 11) is 3.40. The highest BCUT2D eigenvalue weighted by Gasteiger charge is 2.32. The zero-order valence-corrected chi connectivity index (χ0v) is 16.4. The van der Waals surface area contributed by atoms with E-state index in [9.17, 15) is 4.79 Å². The van der Waals surface area contributed by atoms with E-state index in [0.29, 0.717) is 11.8 Å². The van der Waals surface area contributed by atoms with Crippen LogP contribution in [0.25, 0.3) is 0 Å². The first-order valence-corrected chi connectivity index (χ1v) is 9.94. The first-order chi connectivity index (χ1) is 12.6. The number of hydrogen-bond donors (Lipinski definition) is 1. The van der Waals surface area contributed by atoms with Gasteiger partial charge in [0, 0.05) is 31.8 Å².